The van der Waals surface area contributed by atoms with Gasteiger partial charge in [-0.25, -0.2) is 15.0 Å². The van der Waals surface area contributed by atoms with Crippen molar-refractivity contribution in [2.24, 2.45) is 23.2 Å². The Balaban J connectivity index is 1.29. The van der Waals surface area contributed by atoms with Crippen LogP contribution in [0.25, 0.3) is 11.2 Å². The summed E-state index contributed by atoms with van der Waals surface area (Å²) >= 11 is 0. The second-order valence-corrected chi connectivity index (χ2v) is 9.21. The number of aromatic nitrogens is 4. The highest BCUT2D eigenvalue weighted by molar-refractivity contribution is 5.84. The fraction of sp³-hybridized carbons (Fsp3) is 0.700. The molecule has 3 atom stereocenters. The lowest BCUT2D eigenvalue weighted by molar-refractivity contribution is -0.132. The molecule has 2 aliphatic heterocycles. The fourth-order valence-electron chi connectivity index (χ4n) is 4.91. The molecule has 0 bridgehead atoms. The quantitative estimate of drug-likeness (QED) is 0.776. The van der Waals surface area contributed by atoms with Crippen LogP contribution in [0.2, 0.25) is 0 Å². The van der Waals surface area contributed by atoms with Crippen molar-refractivity contribution in [3.05, 3.63) is 12.7 Å². The number of fused-ring (bicyclic) bond motifs is 2. The summed E-state index contributed by atoms with van der Waals surface area (Å²) in [6, 6.07) is 0. The minimum absolute atomic E-state index is 0.203. The van der Waals surface area contributed by atoms with Crippen LogP contribution in [-0.4, -0.2) is 70.2 Å². The number of nitrogens with zero attached hydrogens (tertiary/aromatic N) is 6. The molecule has 5 rings (SSSR count). The number of rotatable bonds is 5. The molecule has 0 spiro atoms. The maximum Gasteiger partial charge on any atom is 0.226 e. The first-order valence-electron chi connectivity index (χ1n) is 10.2. The molecule has 3 fully saturated rings. The molecule has 2 saturated heterocycles. The van der Waals surface area contributed by atoms with Crippen LogP contribution in [0.4, 0.5) is 5.82 Å². The third-order valence-corrected chi connectivity index (χ3v) is 6.83. The Kier molecular flexibility index (Phi) is 4.08. The summed E-state index contributed by atoms with van der Waals surface area (Å²) in [6.45, 7) is 9.36. The van der Waals surface area contributed by atoms with E-state index in [1.165, 1.54) is 0 Å². The van der Waals surface area contributed by atoms with E-state index in [1.807, 2.05) is 10.9 Å². The molecule has 2 aromatic rings. The molecule has 150 valence electrons. The molecule has 1 saturated carbocycles. The molecule has 1 amide bonds. The molecule has 3 unspecified atom stereocenters. The number of methoxy groups -OCH3 is 1. The number of imidazole rings is 1. The normalized spacial score (nSPS) is 28.2. The fourth-order valence-corrected chi connectivity index (χ4v) is 4.91. The lowest BCUT2D eigenvalue weighted by atomic mass is 10.0. The molecule has 0 radical (unpaired) electrons. The molecule has 3 aliphatic rings. The molecule has 2 aromatic heterocycles. The lowest BCUT2D eigenvalue weighted by Crippen LogP contribution is -2.35. The minimum atomic E-state index is 0.203. The number of amides is 1. The largest absolute Gasteiger partial charge is 0.383 e. The first-order valence-corrected chi connectivity index (χ1v) is 10.2. The zero-order valence-corrected chi connectivity index (χ0v) is 16.8. The molecule has 28 heavy (non-hydrogen) atoms. The van der Waals surface area contributed by atoms with Gasteiger partial charge in [-0.05, 0) is 11.8 Å². The molecular formula is C20H28N6O2. The van der Waals surface area contributed by atoms with Crippen molar-refractivity contribution in [1.82, 2.24) is 24.4 Å². The van der Waals surface area contributed by atoms with Crippen molar-refractivity contribution < 1.29 is 9.53 Å². The number of anilines is 1. The molecule has 8 nitrogen and oxygen atoms in total. The van der Waals surface area contributed by atoms with E-state index in [0.717, 1.165) is 56.1 Å². The van der Waals surface area contributed by atoms with Crippen molar-refractivity contribution in [2.75, 3.05) is 44.8 Å². The van der Waals surface area contributed by atoms with E-state index >= 15 is 0 Å². The van der Waals surface area contributed by atoms with E-state index in [9.17, 15) is 4.79 Å². The number of ether oxygens (including phenoxy) is 1. The zero-order valence-electron chi connectivity index (χ0n) is 16.8. The van der Waals surface area contributed by atoms with Crippen molar-refractivity contribution in [2.45, 2.75) is 26.8 Å². The van der Waals surface area contributed by atoms with E-state index < -0.39 is 0 Å². The van der Waals surface area contributed by atoms with E-state index in [4.69, 9.17) is 4.74 Å². The molecule has 1 aliphatic carbocycles. The number of likely N-dealkylation sites (tertiary alicyclic amines) is 1. The van der Waals surface area contributed by atoms with Crippen LogP contribution in [-0.2, 0) is 16.1 Å². The Morgan fingerprint density at radius 3 is 2.54 bits per heavy atom. The van der Waals surface area contributed by atoms with Crippen LogP contribution in [0.1, 0.15) is 20.3 Å². The van der Waals surface area contributed by atoms with Crippen molar-refractivity contribution in [3.63, 3.8) is 0 Å². The average Bonchev–Trinajstić information content (AvgIpc) is 3.07. The Morgan fingerprint density at radius 1 is 1.18 bits per heavy atom. The van der Waals surface area contributed by atoms with Gasteiger partial charge in [0.05, 0.1) is 12.9 Å². The van der Waals surface area contributed by atoms with Crippen LogP contribution in [0.15, 0.2) is 12.7 Å². The summed E-state index contributed by atoms with van der Waals surface area (Å²) in [7, 11) is 1.70. The molecule has 0 aromatic carbocycles. The summed E-state index contributed by atoms with van der Waals surface area (Å²) < 4.78 is 7.19. The zero-order chi connectivity index (χ0) is 19.5. The van der Waals surface area contributed by atoms with Crippen LogP contribution in [0.5, 0.6) is 0 Å². The Hall–Kier alpha value is -2.22. The number of hydrogen-bond acceptors (Lipinski definition) is 6. The van der Waals surface area contributed by atoms with Gasteiger partial charge >= 0.3 is 0 Å². The van der Waals surface area contributed by atoms with Crippen LogP contribution in [0, 0.1) is 23.2 Å². The topological polar surface area (TPSA) is 76.4 Å². The molecule has 4 heterocycles. The van der Waals surface area contributed by atoms with Gasteiger partial charge in [-0.3, -0.25) is 4.79 Å². The summed E-state index contributed by atoms with van der Waals surface area (Å²) in [5.74, 6) is 2.56. The Morgan fingerprint density at radius 2 is 1.89 bits per heavy atom. The summed E-state index contributed by atoms with van der Waals surface area (Å²) in [6.07, 6.45) is 4.48. The second kappa shape index (κ2) is 6.40. The third kappa shape index (κ3) is 2.85. The predicted molar refractivity (Wildman–Crippen MR) is 105 cm³/mol. The highest BCUT2D eigenvalue weighted by Crippen LogP contribution is 2.53. The lowest BCUT2D eigenvalue weighted by Gasteiger charge is -2.23. The third-order valence-electron chi connectivity index (χ3n) is 6.83. The average molecular weight is 384 g/mol. The van der Waals surface area contributed by atoms with Gasteiger partial charge in [0.15, 0.2) is 17.0 Å². The van der Waals surface area contributed by atoms with E-state index in [1.54, 1.807) is 13.4 Å². The standard InChI is InChI=1S/C20H28N6O2/c1-20(2)6-15(20)19(27)26-9-13-7-25(8-14(13)10-26)18-16-17(21-11-22-18)24(12-23-16)4-5-28-3/h11-15H,4-10H2,1-3H3. The first-order chi connectivity index (χ1) is 13.5. The van der Waals surface area contributed by atoms with Gasteiger partial charge in [0.2, 0.25) is 5.91 Å². The first kappa shape index (κ1) is 17.8. The van der Waals surface area contributed by atoms with Crippen molar-refractivity contribution in [1.29, 1.82) is 0 Å². The Bertz CT molecular complexity index is 895. The molecule has 0 N–H and O–H groups in total. The molecular weight excluding hydrogens is 356 g/mol. The predicted octanol–water partition coefficient (Wildman–Crippen LogP) is 1.41. The van der Waals surface area contributed by atoms with Gasteiger partial charge in [-0.1, -0.05) is 13.8 Å². The van der Waals surface area contributed by atoms with E-state index in [0.29, 0.717) is 24.3 Å². The van der Waals surface area contributed by atoms with Crippen molar-refractivity contribution in [3.8, 4) is 0 Å². The summed E-state index contributed by atoms with van der Waals surface area (Å²) in [5, 5.41) is 0. The van der Waals surface area contributed by atoms with Gasteiger partial charge in [-0.15, -0.1) is 0 Å². The minimum Gasteiger partial charge on any atom is -0.383 e. The van der Waals surface area contributed by atoms with Gasteiger partial charge in [0.1, 0.15) is 6.33 Å². The van der Waals surface area contributed by atoms with Gasteiger partial charge in [0.25, 0.3) is 0 Å². The molecule has 8 heteroatoms. The van der Waals surface area contributed by atoms with Gasteiger partial charge in [-0.2, -0.15) is 0 Å². The van der Waals surface area contributed by atoms with Crippen LogP contribution < -0.4 is 4.90 Å². The monoisotopic (exact) mass is 384 g/mol. The number of carbonyl (C=O) groups is 1. The van der Waals surface area contributed by atoms with Crippen LogP contribution >= 0.6 is 0 Å². The maximum absolute atomic E-state index is 12.7. The highest BCUT2D eigenvalue weighted by Gasteiger charge is 2.54. The Labute approximate surface area is 164 Å². The highest BCUT2D eigenvalue weighted by atomic mass is 16.5. The SMILES string of the molecule is COCCn1cnc2c(N3CC4CN(C(=O)C5CC5(C)C)CC4C3)ncnc21. The van der Waals surface area contributed by atoms with E-state index in [-0.39, 0.29) is 11.3 Å². The van der Waals surface area contributed by atoms with Crippen LogP contribution in [0.3, 0.4) is 0 Å². The second-order valence-electron chi connectivity index (χ2n) is 9.21. The van der Waals surface area contributed by atoms with E-state index in [2.05, 4.69) is 38.6 Å². The number of hydrogen-bond donors (Lipinski definition) is 0. The van der Waals surface area contributed by atoms with Crippen molar-refractivity contribution >= 4 is 22.9 Å². The summed E-state index contributed by atoms with van der Waals surface area (Å²) in [4.78, 5) is 30.7. The van der Waals surface area contributed by atoms with Gasteiger partial charge < -0.3 is 19.1 Å². The smallest absolute Gasteiger partial charge is 0.226 e. The summed E-state index contributed by atoms with van der Waals surface area (Å²) in [5.41, 5.74) is 1.91. The van der Waals surface area contributed by atoms with Gasteiger partial charge in [0, 0.05) is 57.6 Å². The number of carbonyl (C=O) groups excluding carboxylic acids is 1. The maximum atomic E-state index is 12.7.